The number of aryl methyl sites for hydroxylation is 1. The van der Waals surface area contributed by atoms with Gasteiger partial charge in [0, 0.05) is 4.47 Å². The molecule has 1 nitrogen and oxygen atoms in total. The fourth-order valence-corrected chi connectivity index (χ4v) is 1.51. The Bertz CT molecular complexity index is 292. The molecule has 0 saturated carbocycles. The minimum absolute atomic E-state index is 0.370. The van der Waals surface area contributed by atoms with Gasteiger partial charge in [0.1, 0.15) is 0 Å². The third-order valence-electron chi connectivity index (χ3n) is 1.58. The molecule has 0 amide bonds. The molecular weight excluding hydrogens is 202 g/mol. The molecule has 58 valence electrons. The normalized spacial score (nSPS) is 9.73. The van der Waals surface area contributed by atoms with Crippen LogP contribution in [0.15, 0.2) is 22.7 Å². The largest absolute Gasteiger partial charge is 0.807 e. The van der Waals surface area contributed by atoms with Crippen molar-refractivity contribution in [2.45, 2.75) is 13.8 Å². The van der Waals surface area contributed by atoms with Crippen molar-refractivity contribution < 1.29 is 0 Å². The molecule has 0 heterocycles. The Morgan fingerprint density at radius 1 is 1.45 bits per heavy atom. The van der Waals surface area contributed by atoms with Crippen LogP contribution in [0.2, 0.25) is 0 Å². The maximum atomic E-state index is 9.20. The minimum Gasteiger partial charge on any atom is -0.807 e. The van der Waals surface area contributed by atoms with Crippen molar-refractivity contribution in [2.75, 3.05) is 0 Å². The van der Waals surface area contributed by atoms with E-state index < -0.39 is 0 Å². The molecule has 2 heteroatoms. The van der Waals surface area contributed by atoms with Gasteiger partial charge in [-0.05, 0) is 30.2 Å². The molecule has 1 aromatic carbocycles. The highest BCUT2D eigenvalue weighted by atomic mass is 79.9. The predicted molar refractivity (Wildman–Crippen MR) is 52.0 cm³/mol. The molecule has 0 aliphatic heterocycles. The zero-order valence-electron chi connectivity index (χ0n) is 6.56. The smallest absolute Gasteiger partial charge is 0.0178 e. The van der Waals surface area contributed by atoms with Gasteiger partial charge in [0.25, 0.3) is 0 Å². The molecule has 0 aliphatic carbocycles. The SMILES string of the molecule is CC(=[N-])c1ccc(Br)cc1C. The first kappa shape index (κ1) is 8.47. The lowest BCUT2D eigenvalue weighted by molar-refractivity contribution is 1.42. The van der Waals surface area contributed by atoms with Gasteiger partial charge in [0.15, 0.2) is 0 Å². The highest BCUT2D eigenvalue weighted by Gasteiger charge is 1.94. The molecule has 11 heavy (non-hydrogen) atoms. The van der Waals surface area contributed by atoms with Crippen LogP contribution in [-0.4, -0.2) is 5.71 Å². The molecule has 0 spiro atoms. The van der Waals surface area contributed by atoms with Gasteiger partial charge in [0.2, 0.25) is 0 Å². The van der Waals surface area contributed by atoms with Gasteiger partial charge in [-0.25, -0.2) is 0 Å². The predicted octanol–water partition coefficient (Wildman–Crippen LogP) is 3.14. The zero-order chi connectivity index (χ0) is 8.43. The van der Waals surface area contributed by atoms with Crippen LogP contribution in [0.5, 0.6) is 0 Å². The van der Waals surface area contributed by atoms with Crippen molar-refractivity contribution in [2.24, 2.45) is 0 Å². The summed E-state index contributed by atoms with van der Waals surface area (Å²) in [5.74, 6) is 0. The first-order chi connectivity index (χ1) is 5.11. The summed E-state index contributed by atoms with van der Waals surface area (Å²) in [5.41, 5.74) is 2.36. The number of hydrogen-bond donors (Lipinski definition) is 0. The van der Waals surface area contributed by atoms with Crippen LogP contribution in [0.25, 0.3) is 5.41 Å². The van der Waals surface area contributed by atoms with Crippen molar-refractivity contribution in [3.63, 3.8) is 0 Å². The summed E-state index contributed by atoms with van der Waals surface area (Å²) in [6.07, 6.45) is 0. The third kappa shape index (κ3) is 1.90. The molecular formula is C9H9BrN-. The van der Waals surface area contributed by atoms with Crippen molar-refractivity contribution in [1.29, 1.82) is 0 Å². The lowest BCUT2D eigenvalue weighted by Crippen LogP contribution is -1.94. The zero-order valence-corrected chi connectivity index (χ0v) is 8.14. The summed E-state index contributed by atoms with van der Waals surface area (Å²) in [7, 11) is 0. The van der Waals surface area contributed by atoms with Crippen LogP contribution >= 0.6 is 15.9 Å². The maximum Gasteiger partial charge on any atom is 0.0178 e. The Morgan fingerprint density at radius 3 is 2.55 bits per heavy atom. The van der Waals surface area contributed by atoms with E-state index in [1.165, 1.54) is 0 Å². The van der Waals surface area contributed by atoms with E-state index in [1.807, 2.05) is 25.1 Å². The van der Waals surface area contributed by atoms with Gasteiger partial charge < -0.3 is 5.41 Å². The van der Waals surface area contributed by atoms with Crippen molar-refractivity contribution in [3.05, 3.63) is 39.2 Å². The molecule has 0 fully saturated rings. The Hall–Kier alpha value is -0.630. The van der Waals surface area contributed by atoms with Gasteiger partial charge in [-0.15, -0.1) is 0 Å². The molecule has 0 radical (unpaired) electrons. The van der Waals surface area contributed by atoms with Crippen LogP contribution < -0.4 is 0 Å². The van der Waals surface area contributed by atoms with E-state index in [2.05, 4.69) is 15.9 Å². The van der Waals surface area contributed by atoms with E-state index in [1.54, 1.807) is 6.92 Å². The van der Waals surface area contributed by atoms with Crippen LogP contribution in [-0.2, 0) is 0 Å². The number of benzene rings is 1. The summed E-state index contributed by atoms with van der Waals surface area (Å²) in [6.45, 7) is 3.66. The molecule has 1 rings (SSSR count). The Kier molecular flexibility index (Phi) is 2.45. The van der Waals surface area contributed by atoms with Crippen LogP contribution in [0, 0.1) is 6.92 Å². The molecule has 1 aromatic rings. The minimum atomic E-state index is 0.370. The van der Waals surface area contributed by atoms with Gasteiger partial charge in [-0.3, -0.25) is 0 Å². The van der Waals surface area contributed by atoms with Gasteiger partial charge in [0.05, 0.1) is 0 Å². The van der Waals surface area contributed by atoms with Crippen LogP contribution in [0.1, 0.15) is 18.1 Å². The van der Waals surface area contributed by atoms with E-state index >= 15 is 0 Å². The van der Waals surface area contributed by atoms with E-state index in [-0.39, 0.29) is 0 Å². The van der Waals surface area contributed by atoms with Gasteiger partial charge >= 0.3 is 0 Å². The third-order valence-corrected chi connectivity index (χ3v) is 2.07. The summed E-state index contributed by atoms with van der Waals surface area (Å²) < 4.78 is 1.04. The summed E-state index contributed by atoms with van der Waals surface area (Å²) in [4.78, 5) is 0. The number of nitrogens with zero attached hydrogens (tertiary/aromatic N) is 1. The Labute approximate surface area is 75.1 Å². The van der Waals surface area contributed by atoms with E-state index in [9.17, 15) is 5.41 Å². The highest BCUT2D eigenvalue weighted by molar-refractivity contribution is 9.10. The first-order valence-corrected chi connectivity index (χ1v) is 4.19. The second kappa shape index (κ2) is 3.18. The maximum absolute atomic E-state index is 9.20. The second-order valence-electron chi connectivity index (χ2n) is 2.54. The van der Waals surface area contributed by atoms with Crippen molar-refractivity contribution in [3.8, 4) is 0 Å². The van der Waals surface area contributed by atoms with Crippen LogP contribution in [0.3, 0.4) is 0 Å². The van der Waals surface area contributed by atoms with Crippen molar-refractivity contribution in [1.82, 2.24) is 0 Å². The summed E-state index contributed by atoms with van der Waals surface area (Å²) in [6, 6.07) is 5.80. The number of hydrogen-bond acceptors (Lipinski definition) is 0. The van der Waals surface area contributed by atoms with E-state index in [4.69, 9.17) is 0 Å². The Balaban J connectivity index is 3.20. The lowest BCUT2D eigenvalue weighted by atomic mass is 10.1. The second-order valence-corrected chi connectivity index (χ2v) is 3.46. The van der Waals surface area contributed by atoms with Crippen molar-refractivity contribution >= 4 is 21.6 Å². The molecule has 0 atom stereocenters. The molecule has 0 aromatic heterocycles. The number of halogens is 1. The first-order valence-electron chi connectivity index (χ1n) is 3.40. The highest BCUT2D eigenvalue weighted by Crippen LogP contribution is 2.15. The average Bonchev–Trinajstić information content (AvgIpc) is 1.85. The summed E-state index contributed by atoms with van der Waals surface area (Å²) >= 11 is 3.35. The lowest BCUT2D eigenvalue weighted by Gasteiger charge is -2.09. The standard InChI is InChI=1S/C9H9BrN/c1-6-5-8(10)3-4-9(6)7(2)11/h3-5H,1-2H3/q-1. The van der Waals surface area contributed by atoms with Crippen LogP contribution in [0.4, 0.5) is 0 Å². The van der Waals surface area contributed by atoms with E-state index in [0.29, 0.717) is 5.71 Å². The van der Waals surface area contributed by atoms with E-state index in [0.717, 1.165) is 15.6 Å². The topological polar surface area (TPSA) is 22.3 Å². The monoisotopic (exact) mass is 210 g/mol. The molecule has 0 aliphatic rings. The van der Waals surface area contributed by atoms with Gasteiger partial charge in [-0.2, -0.15) is 5.71 Å². The average molecular weight is 211 g/mol. The molecule has 0 unspecified atom stereocenters. The fourth-order valence-electron chi connectivity index (χ4n) is 1.03. The molecule has 0 bridgehead atoms. The molecule has 0 N–H and O–H groups in total. The van der Waals surface area contributed by atoms with Gasteiger partial charge in [-0.1, -0.05) is 28.9 Å². The summed E-state index contributed by atoms with van der Waals surface area (Å²) in [5, 5.41) is 9.20. The fraction of sp³-hybridized carbons (Fsp3) is 0.222. The Morgan fingerprint density at radius 2 is 2.09 bits per heavy atom. The quantitative estimate of drug-likeness (QED) is 0.636. The number of rotatable bonds is 1. The molecule has 0 saturated heterocycles.